The number of ether oxygens (including phenoxy) is 1. The molecule has 0 saturated carbocycles. The van der Waals surface area contributed by atoms with Crippen molar-refractivity contribution in [3.05, 3.63) is 24.3 Å². The van der Waals surface area contributed by atoms with E-state index in [-0.39, 0.29) is 19.0 Å². The molecular formula is C12H19ClN2O2. The van der Waals surface area contributed by atoms with E-state index in [9.17, 15) is 0 Å². The van der Waals surface area contributed by atoms with Crippen molar-refractivity contribution in [1.29, 1.82) is 0 Å². The van der Waals surface area contributed by atoms with Gasteiger partial charge in [-0.1, -0.05) is 0 Å². The lowest BCUT2D eigenvalue weighted by molar-refractivity contribution is 0.201. The SMILES string of the molecule is Cl.OCCOc1ccc(N2CCNCC2)cc1. The molecule has 1 aromatic rings. The zero-order valence-corrected chi connectivity index (χ0v) is 10.6. The Hall–Kier alpha value is -0.970. The van der Waals surface area contributed by atoms with Crippen LogP contribution in [0.25, 0.3) is 0 Å². The molecule has 0 amide bonds. The smallest absolute Gasteiger partial charge is 0.119 e. The third-order valence-corrected chi connectivity index (χ3v) is 2.68. The van der Waals surface area contributed by atoms with Crippen LogP contribution in [0.5, 0.6) is 5.75 Å². The van der Waals surface area contributed by atoms with Gasteiger partial charge < -0.3 is 20.1 Å². The number of aliphatic hydroxyl groups excluding tert-OH is 1. The molecular weight excluding hydrogens is 240 g/mol. The van der Waals surface area contributed by atoms with Gasteiger partial charge in [0, 0.05) is 31.9 Å². The lowest BCUT2D eigenvalue weighted by Gasteiger charge is -2.29. The predicted molar refractivity (Wildman–Crippen MR) is 71.4 cm³/mol. The summed E-state index contributed by atoms with van der Waals surface area (Å²) < 4.78 is 5.32. The van der Waals surface area contributed by atoms with Gasteiger partial charge in [-0.25, -0.2) is 0 Å². The Bertz CT molecular complexity index is 313. The lowest BCUT2D eigenvalue weighted by Crippen LogP contribution is -2.43. The summed E-state index contributed by atoms with van der Waals surface area (Å²) in [6.45, 7) is 4.60. The van der Waals surface area contributed by atoms with E-state index in [4.69, 9.17) is 9.84 Å². The summed E-state index contributed by atoms with van der Waals surface area (Å²) in [7, 11) is 0. The van der Waals surface area contributed by atoms with Gasteiger partial charge in [-0.05, 0) is 24.3 Å². The molecule has 0 radical (unpaired) electrons. The number of nitrogens with one attached hydrogen (secondary N) is 1. The van der Waals surface area contributed by atoms with Crippen molar-refractivity contribution in [2.24, 2.45) is 0 Å². The number of anilines is 1. The van der Waals surface area contributed by atoms with Crippen LogP contribution in [0.4, 0.5) is 5.69 Å². The molecule has 5 heteroatoms. The number of nitrogens with zero attached hydrogens (tertiary/aromatic N) is 1. The second-order valence-corrected chi connectivity index (χ2v) is 3.80. The molecule has 96 valence electrons. The molecule has 1 fully saturated rings. The Morgan fingerprint density at radius 1 is 1.18 bits per heavy atom. The van der Waals surface area contributed by atoms with Crippen molar-refractivity contribution in [2.45, 2.75) is 0 Å². The van der Waals surface area contributed by atoms with Gasteiger partial charge in [0.1, 0.15) is 12.4 Å². The molecule has 0 atom stereocenters. The van der Waals surface area contributed by atoms with Crippen LogP contribution in [-0.4, -0.2) is 44.5 Å². The van der Waals surface area contributed by atoms with Gasteiger partial charge in [0.25, 0.3) is 0 Å². The molecule has 2 rings (SSSR count). The van der Waals surface area contributed by atoms with Gasteiger partial charge >= 0.3 is 0 Å². The average molecular weight is 259 g/mol. The maximum atomic E-state index is 8.65. The number of aliphatic hydroxyl groups is 1. The molecule has 1 saturated heterocycles. The van der Waals surface area contributed by atoms with Crippen molar-refractivity contribution in [1.82, 2.24) is 5.32 Å². The molecule has 0 bridgehead atoms. The minimum absolute atomic E-state index is 0. The highest BCUT2D eigenvalue weighted by molar-refractivity contribution is 5.85. The first kappa shape index (κ1) is 14.1. The van der Waals surface area contributed by atoms with Gasteiger partial charge in [0.2, 0.25) is 0 Å². The van der Waals surface area contributed by atoms with Gasteiger partial charge in [-0.2, -0.15) is 0 Å². The highest BCUT2D eigenvalue weighted by Crippen LogP contribution is 2.19. The zero-order valence-electron chi connectivity index (χ0n) is 9.76. The van der Waals surface area contributed by atoms with E-state index < -0.39 is 0 Å². The maximum Gasteiger partial charge on any atom is 0.119 e. The van der Waals surface area contributed by atoms with E-state index in [1.54, 1.807) is 0 Å². The summed E-state index contributed by atoms with van der Waals surface area (Å²) >= 11 is 0. The Balaban J connectivity index is 0.00000144. The number of benzene rings is 1. The summed E-state index contributed by atoms with van der Waals surface area (Å²) in [5, 5.41) is 12.0. The van der Waals surface area contributed by atoms with Crippen LogP contribution in [0, 0.1) is 0 Å². The van der Waals surface area contributed by atoms with Gasteiger partial charge in [0.05, 0.1) is 6.61 Å². The number of hydrogen-bond donors (Lipinski definition) is 2. The number of piperazine rings is 1. The first-order valence-corrected chi connectivity index (χ1v) is 5.69. The predicted octanol–water partition coefficient (Wildman–Crippen LogP) is 0.889. The van der Waals surface area contributed by atoms with Crippen molar-refractivity contribution in [2.75, 3.05) is 44.3 Å². The fourth-order valence-corrected chi connectivity index (χ4v) is 1.84. The Morgan fingerprint density at radius 2 is 1.82 bits per heavy atom. The van der Waals surface area contributed by atoms with Gasteiger partial charge in [-0.15, -0.1) is 12.4 Å². The van der Waals surface area contributed by atoms with Gasteiger partial charge in [-0.3, -0.25) is 0 Å². The molecule has 4 nitrogen and oxygen atoms in total. The summed E-state index contributed by atoms with van der Waals surface area (Å²) in [6, 6.07) is 8.04. The Morgan fingerprint density at radius 3 is 2.41 bits per heavy atom. The van der Waals surface area contributed by atoms with E-state index in [0.717, 1.165) is 31.9 Å². The summed E-state index contributed by atoms with van der Waals surface area (Å²) in [6.07, 6.45) is 0. The molecule has 0 aliphatic carbocycles. The highest BCUT2D eigenvalue weighted by Gasteiger charge is 2.09. The molecule has 0 aromatic heterocycles. The van der Waals surface area contributed by atoms with E-state index >= 15 is 0 Å². The molecule has 1 heterocycles. The molecule has 1 aromatic carbocycles. The number of hydrogen-bond acceptors (Lipinski definition) is 4. The van der Waals surface area contributed by atoms with Crippen LogP contribution >= 0.6 is 12.4 Å². The van der Waals surface area contributed by atoms with Crippen molar-refractivity contribution in [3.8, 4) is 5.75 Å². The number of rotatable bonds is 4. The topological polar surface area (TPSA) is 44.7 Å². The third kappa shape index (κ3) is 4.07. The molecule has 1 aliphatic heterocycles. The molecule has 0 unspecified atom stereocenters. The normalized spacial score (nSPS) is 15.2. The fourth-order valence-electron chi connectivity index (χ4n) is 1.84. The molecule has 17 heavy (non-hydrogen) atoms. The third-order valence-electron chi connectivity index (χ3n) is 2.68. The van der Waals surface area contributed by atoms with Crippen molar-refractivity contribution >= 4 is 18.1 Å². The fraction of sp³-hybridized carbons (Fsp3) is 0.500. The minimum Gasteiger partial charge on any atom is -0.491 e. The molecule has 1 aliphatic rings. The van der Waals surface area contributed by atoms with E-state index in [1.807, 2.05) is 12.1 Å². The average Bonchev–Trinajstić information content (AvgIpc) is 2.38. The van der Waals surface area contributed by atoms with Crippen LogP contribution in [-0.2, 0) is 0 Å². The number of halogens is 1. The van der Waals surface area contributed by atoms with E-state index in [2.05, 4.69) is 22.3 Å². The maximum absolute atomic E-state index is 8.65. The van der Waals surface area contributed by atoms with Crippen LogP contribution in [0.2, 0.25) is 0 Å². The van der Waals surface area contributed by atoms with Crippen molar-refractivity contribution in [3.63, 3.8) is 0 Å². The Labute approximate surface area is 108 Å². The summed E-state index contributed by atoms with van der Waals surface area (Å²) in [5.74, 6) is 0.813. The van der Waals surface area contributed by atoms with Crippen LogP contribution in [0.1, 0.15) is 0 Å². The standard InChI is InChI=1S/C12H18N2O2.ClH/c15-9-10-16-12-3-1-11(2-4-12)14-7-5-13-6-8-14;/h1-4,13,15H,5-10H2;1H. The quantitative estimate of drug-likeness (QED) is 0.842. The zero-order chi connectivity index (χ0) is 11.2. The van der Waals surface area contributed by atoms with Gasteiger partial charge in [0.15, 0.2) is 0 Å². The highest BCUT2D eigenvalue weighted by atomic mass is 35.5. The summed E-state index contributed by atoms with van der Waals surface area (Å²) in [4.78, 5) is 2.35. The largest absolute Gasteiger partial charge is 0.491 e. The van der Waals surface area contributed by atoms with Crippen LogP contribution in [0.15, 0.2) is 24.3 Å². The minimum atomic E-state index is 0. The van der Waals surface area contributed by atoms with Crippen molar-refractivity contribution < 1.29 is 9.84 Å². The molecule has 2 N–H and O–H groups in total. The first-order valence-electron chi connectivity index (χ1n) is 5.69. The lowest BCUT2D eigenvalue weighted by atomic mass is 10.2. The van der Waals surface area contributed by atoms with Crippen LogP contribution in [0.3, 0.4) is 0 Å². The second-order valence-electron chi connectivity index (χ2n) is 3.80. The van der Waals surface area contributed by atoms with Crippen LogP contribution < -0.4 is 15.0 Å². The first-order chi connectivity index (χ1) is 7.90. The van der Waals surface area contributed by atoms with E-state index in [1.165, 1.54) is 5.69 Å². The Kier molecular flexibility index (Phi) is 6.11. The monoisotopic (exact) mass is 258 g/mol. The molecule has 0 spiro atoms. The van der Waals surface area contributed by atoms with E-state index in [0.29, 0.717) is 6.61 Å². The summed E-state index contributed by atoms with van der Waals surface area (Å²) in [5.41, 5.74) is 1.23. The second kappa shape index (κ2) is 7.37.